The number of carbonyl (C=O) groups is 3. The number of carbonyl (C=O) groups excluding carboxylic acids is 2. The summed E-state index contributed by atoms with van der Waals surface area (Å²) in [6, 6.07) is 26.1. The summed E-state index contributed by atoms with van der Waals surface area (Å²) in [5, 5.41) is 9.45. The number of hydrogen-bond acceptors (Lipinski definition) is 6. The van der Waals surface area contributed by atoms with Crippen molar-refractivity contribution < 1.29 is 19.5 Å². The van der Waals surface area contributed by atoms with E-state index >= 15 is 0 Å². The molecule has 3 fully saturated rings. The van der Waals surface area contributed by atoms with Gasteiger partial charge in [-0.25, -0.2) is 14.8 Å². The minimum atomic E-state index is -0.960. The molecule has 5 heterocycles. The van der Waals surface area contributed by atoms with E-state index in [-0.39, 0.29) is 42.4 Å². The molecule has 284 valence electrons. The standard InChI is InChI=1S/C43H48N8O4/c1-48(2)38(32-9-4-3-5-10-32)42(53)51-24-8-13-37(51)40-45-26-35(47-40)31-20-16-29(17-21-31)28-14-18-30(19-15-28)34-25-44-39(46-34)36-12-7-23-50(36)41(52)33-11-6-22-49(27-33)43(54)55/h3-5,9-10,14-21,25-26,33,36-38H,6-8,11-13,22-24,27H2,1-2H3,(H,44,46)(H,45,47)(H,54,55)/t33-,36+,37+,38-/m1/s1. The van der Waals surface area contributed by atoms with Gasteiger partial charge in [-0.05, 0) is 80.4 Å². The lowest BCUT2D eigenvalue weighted by atomic mass is 9.96. The first kappa shape index (κ1) is 36.2. The Labute approximate surface area is 321 Å². The molecule has 3 N–H and O–H groups in total. The molecular weight excluding hydrogens is 693 g/mol. The molecule has 3 aliphatic rings. The molecule has 0 spiro atoms. The van der Waals surface area contributed by atoms with E-state index < -0.39 is 6.09 Å². The zero-order valence-electron chi connectivity index (χ0n) is 31.4. The van der Waals surface area contributed by atoms with Gasteiger partial charge in [-0.1, -0.05) is 78.9 Å². The zero-order chi connectivity index (χ0) is 38.1. The molecular formula is C43H48N8O4. The van der Waals surface area contributed by atoms with Gasteiger partial charge in [-0.2, -0.15) is 0 Å². The summed E-state index contributed by atoms with van der Waals surface area (Å²) in [5.41, 5.74) is 7.00. The number of aromatic nitrogens is 4. The predicted octanol–water partition coefficient (Wildman–Crippen LogP) is 7.15. The average Bonchev–Trinajstić information content (AvgIpc) is 4.05. The van der Waals surface area contributed by atoms with Crippen LogP contribution in [0.5, 0.6) is 0 Å². The summed E-state index contributed by atoms with van der Waals surface area (Å²) >= 11 is 0. The van der Waals surface area contributed by atoms with Gasteiger partial charge in [0.15, 0.2) is 0 Å². The van der Waals surface area contributed by atoms with E-state index in [1.54, 1.807) is 0 Å². The van der Waals surface area contributed by atoms with Crippen LogP contribution in [0.1, 0.15) is 73.9 Å². The van der Waals surface area contributed by atoms with Crippen molar-refractivity contribution in [1.29, 1.82) is 0 Å². The Hall–Kier alpha value is -5.75. The number of carboxylic acid groups (broad SMARTS) is 1. The number of imidazole rings is 2. The van der Waals surface area contributed by atoms with Gasteiger partial charge in [-0.3, -0.25) is 14.5 Å². The second kappa shape index (κ2) is 15.5. The van der Waals surface area contributed by atoms with Gasteiger partial charge in [0.2, 0.25) is 11.8 Å². The van der Waals surface area contributed by atoms with Gasteiger partial charge in [0.05, 0.1) is 41.8 Å². The summed E-state index contributed by atoms with van der Waals surface area (Å²) in [6.45, 7) is 2.11. The molecule has 0 radical (unpaired) electrons. The van der Waals surface area contributed by atoms with Crippen LogP contribution in [0.4, 0.5) is 4.79 Å². The van der Waals surface area contributed by atoms with Crippen LogP contribution in [0.3, 0.4) is 0 Å². The topological polar surface area (TPSA) is 142 Å². The van der Waals surface area contributed by atoms with Crippen molar-refractivity contribution in [2.75, 3.05) is 40.3 Å². The number of likely N-dealkylation sites (tertiary alicyclic amines) is 3. The number of rotatable bonds is 9. The van der Waals surface area contributed by atoms with Crippen molar-refractivity contribution >= 4 is 17.9 Å². The summed E-state index contributed by atoms with van der Waals surface area (Å²) in [7, 11) is 3.90. The second-order valence-corrected chi connectivity index (χ2v) is 15.2. The van der Waals surface area contributed by atoms with Crippen molar-refractivity contribution in [2.45, 2.75) is 56.7 Å². The number of likely N-dealkylation sites (N-methyl/N-ethyl adjacent to an activating group) is 1. The Morgan fingerprint density at radius 3 is 1.75 bits per heavy atom. The minimum Gasteiger partial charge on any atom is -0.465 e. The number of H-pyrrole nitrogens is 2. The molecule has 3 aromatic carbocycles. The Kier molecular flexibility index (Phi) is 10.2. The largest absolute Gasteiger partial charge is 0.465 e. The first-order valence-corrected chi connectivity index (χ1v) is 19.4. The molecule has 5 aromatic rings. The van der Waals surface area contributed by atoms with Crippen molar-refractivity contribution in [3.8, 4) is 33.6 Å². The maximum atomic E-state index is 13.9. The summed E-state index contributed by atoms with van der Waals surface area (Å²) < 4.78 is 0. The summed E-state index contributed by atoms with van der Waals surface area (Å²) in [6.07, 6.45) is 7.68. The van der Waals surface area contributed by atoms with E-state index in [0.29, 0.717) is 32.5 Å². The van der Waals surface area contributed by atoms with Crippen LogP contribution in [0.15, 0.2) is 91.3 Å². The molecule has 0 saturated carbocycles. The fourth-order valence-electron chi connectivity index (χ4n) is 8.66. The molecule has 3 aliphatic heterocycles. The number of aromatic amines is 2. The molecule has 4 atom stereocenters. The van der Waals surface area contributed by atoms with Crippen LogP contribution in [0.25, 0.3) is 33.6 Å². The van der Waals surface area contributed by atoms with E-state index in [1.165, 1.54) is 4.90 Å². The summed E-state index contributed by atoms with van der Waals surface area (Å²) in [4.78, 5) is 62.6. The van der Waals surface area contributed by atoms with Gasteiger partial charge in [-0.15, -0.1) is 0 Å². The Bertz CT molecular complexity index is 2130. The van der Waals surface area contributed by atoms with E-state index in [9.17, 15) is 19.5 Å². The highest BCUT2D eigenvalue weighted by molar-refractivity contribution is 5.84. The van der Waals surface area contributed by atoms with Gasteiger partial charge in [0.25, 0.3) is 0 Å². The predicted molar refractivity (Wildman–Crippen MR) is 210 cm³/mol. The van der Waals surface area contributed by atoms with Crippen LogP contribution in [0.2, 0.25) is 0 Å². The lowest BCUT2D eigenvalue weighted by Crippen LogP contribution is -2.46. The first-order chi connectivity index (χ1) is 26.7. The Morgan fingerprint density at radius 1 is 0.691 bits per heavy atom. The van der Waals surface area contributed by atoms with Crippen LogP contribution in [0, 0.1) is 5.92 Å². The molecule has 12 heteroatoms. The van der Waals surface area contributed by atoms with Crippen molar-refractivity contribution in [2.24, 2.45) is 5.92 Å². The third-order valence-electron chi connectivity index (χ3n) is 11.5. The Balaban J connectivity index is 0.916. The third-order valence-corrected chi connectivity index (χ3v) is 11.5. The zero-order valence-corrected chi connectivity index (χ0v) is 31.4. The summed E-state index contributed by atoms with van der Waals surface area (Å²) in [5.74, 6) is 1.40. The highest BCUT2D eigenvalue weighted by atomic mass is 16.4. The fourth-order valence-corrected chi connectivity index (χ4v) is 8.66. The molecule has 12 nitrogen and oxygen atoms in total. The monoisotopic (exact) mass is 740 g/mol. The normalized spacial score (nSPS) is 20.6. The molecule has 3 saturated heterocycles. The van der Waals surface area contributed by atoms with Crippen molar-refractivity contribution in [3.63, 3.8) is 0 Å². The number of hydrogen-bond donors (Lipinski definition) is 3. The smallest absolute Gasteiger partial charge is 0.407 e. The lowest BCUT2D eigenvalue weighted by Gasteiger charge is -2.34. The van der Waals surface area contributed by atoms with Crippen LogP contribution in [-0.4, -0.2) is 103 Å². The van der Waals surface area contributed by atoms with E-state index in [0.717, 1.165) is 76.5 Å². The van der Waals surface area contributed by atoms with Crippen molar-refractivity contribution in [3.05, 3.63) is 108 Å². The molecule has 0 bridgehead atoms. The lowest BCUT2D eigenvalue weighted by molar-refractivity contribution is -0.138. The van der Waals surface area contributed by atoms with Gasteiger partial charge in [0, 0.05) is 26.2 Å². The first-order valence-electron chi connectivity index (χ1n) is 19.4. The van der Waals surface area contributed by atoms with Crippen molar-refractivity contribution in [1.82, 2.24) is 39.5 Å². The highest BCUT2D eigenvalue weighted by Gasteiger charge is 2.39. The molecule has 55 heavy (non-hydrogen) atoms. The average molecular weight is 741 g/mol. The molecule has 8 rings (SSSR count). The van der Waals surface area contributed by atoms with Gasteiger partial charge in [0.1, 0.15) is 17.7 Å². The number of nitrogens with one attached hydrogen (secondary N) is 2. The number of piperidine rings is 1. The van der Waals surface area contributed by atoms with Gasteiger partial charge < -0.3 is 29.8 Å². The maximum Gasteiger partial charge on any atom is 0.407 e. The van der Waals surface area contributed by atoms with E-state index in [1.807, 2.05) is 71.5 Å². The van der Waals surface area contributed by atoms with Crippen LogP contribution >= 0.6 is 0 Å². The number of benzene rings is 3. The van der Waals surface area contributed by atoms with Crippen LogP contribution in [-0.2, 0) is 9.59 Å². The van der Waals surface area contributed by atoms with Crippen LogP contribution < -0.4 is 0 Å². The third kappa shape index (κ3) is 7.38. The molecule has 0 aliphatic carbocycles. The van der Waals surface area contributed by atoms with E-state index in [4.69, 9.17) is 9.97 Å². The quantitative estimate of drug-likeness (QED) is 0.146. The molecule has 2 aromatic heterocycles. The number of nitrogens with zero attached hydrogens (tertiary/aromatic N) is 6. The second-order valence-electron chi connectivity index (χ2n) is 15.2. The number of amides is 3. The maximum absolute atomic E-state index is 13.9. The Morgan fingerprint density at radius 2 is 1.20 bits per heavy atom. The minimum absolute atomic E-state index is 0.0273. The molecule has 0 unspecified atom stereocenters. The molecule has 3 amide bonds. The highest BCUT2D eigenvalue weighted by Crippen LogP contribution is 2.37. The van der Waals surface area contributed by atoms with E-state index in [2.05, 4.69) is 58.5 Å². The SMILES string of the molecule is CN(C)[C@@H](C(=O)N1CCC[C@H]1c1ncc(-c2ccc(-c3ccc(-c4cnc([C@@H]5CCCN5C(=O)[C@@H]5CCCN(C(=O)O)C5)[nH]4)cc3)cc2)[nH]1)c1ccccc1. The van der Waals surface area contributed by atoms with Gasteiger partial charge >= 0.3 is 6.09 Å². The fraction of sp³-hybridized carbons (Fsp3) is 0.372.